The third kappa shape index (κ3) is 4.07. The van der Waals surface area contributed by atoms with E-state index in [1.165, 1.54) is 0 Å². The average Bonchev–Trinajstić information content (AvgIpc) is 2.56. The first-order valence-corrected chi connectivity index (χ1v) is 10.5. The predicted molar refractivity (Wildman–Crippen MR) is 90.0 cm³/mol. The number of hydrogen-bond acceptors (Lipinski definition) is 4. The van der Waals surface area contributed by atoms with Crippen molar-refractivity contribution in [2.45, 2.75) is 6.92 Å². The van der Waals surface area contributed by atoms with Crippen molar-refractivity contribution in [1.29, 1.82) is 0 Å². The highest BCUT2D eigenvalue weighted by Crippen LogP contribution is 2.44. The van der Waals surface area contributed by atoms with Crippen molar-refractivity contribution in [1.82, 2.24) is 0 Å². The topological polar surface area (TPSA) is 60.4 Å². The van der Waals surface area contributed by atoms with E-state index in [4.69, 9.17) is 4.52 Å². The SMILES string of the molecule is CCS(=O)(=O)CCOP(=O)(c1ccccc1)c1ccccc1. The third-order valence-corrected chi connectivity index (χ3v) is 7.47. The zero-order chi connectivity index (χ0) is 16.1. The minimum absolute atomic E-state index is 0.0529. The van der Waals surface area contributed by atoms with Crippen molar-refractivity contribution in [3.8, 4) is 0 Å². The van der Waals surface area contributed by atoms with E-state index in [1.807, 2.05) is 12.1 Å². The lowest BCUT2D eigenvalue weighted by Gasteiger charge is -2.19. The smallest absolute Gasteiger partial charge is 0.261 e. The van der Waals surface area contributed by atoms with Gasteiger partial charge in [-0.1, -0.05) is 43.3 Å². The van der Waals surface area contributed by atoms with E-state index in [0.29, 0.717) is 10.6 Å². The molecule has 0 saturated heterocycles. The maximum Gasteiger partial charge on any atom is 0.261 e. The maximum absolute atomic E-state index is 13.4. The Bertz CT molecular complexity index is 699. The summed E-state index contributed by atoms with van der Waals surface area (Å²) >= 11 is 0. The lowest BCUT2D eigenvalue weighted by Crippen LogP contribution is -2.21. The Kier molecular flexibility index (Phi) is 5.57. The van der Waals surface area contributed by atoms with E-state index in [0.717, 1.165) is 0 Å². The molecule has 118 valence electrons. The van der Waals surface area contributed by atoms with Crippen molar-refractivity contribution in [3.05, 3.63) is 60.7 Å². The van der Waals surface area contributed by atoms with Crippen LogP contribution in [0, 0.1) is 0 Å². The Labute approximate surface area is 131 Å². The zero-order valence-corrected chi connectivity index (χ0v) is 14.1. The van der Waals surface area contributed by atoms with Gasteiger partial charge in [-0.2, -0.15) is 0 Å². The molecule has 0 amide bonds. The summed E-state index contributed by atoms with van der Waals surface area (Å²) < 4.78 is 42.2. The first-order chi connectivity index (χ1) is 10.5. The molecule has 22 heavy (non-hydrogen) atoms. The fourth-order valence-corrected chi connectivity index (χ4v) is 4.81. The van der Waals surface area contributed by atoms with Gasteiger partial charge in [-0.15, -0.1) is 0 Å². The van der Waals surface area contributed by atoms with Gasteiger partial charge < -0.3 is 4.52 Å². The second-order valence-corrected chi connectivity index (χ2v) is 9.66. The van der Waals surface area contributed by atoms with Crippen molar-refractivity contribution in [2.75, 3.05) is 18.1 Å². The Morgan fingerprint density at radius 1 is 0.909 bits per heavy atom. The molecule has 0 aliphatic rings. The number of hydrogen-bond donors (Lipinski definition) is 0. The molecule has 0 heterocycles. The molecule has 4 nitrogen and oxygen atoms in total. The first-order valence-electron chi connectivity index (χ1n) is 7.04. The van der Waals surface area contributed by atoms with Crippen LogP contribution in [0.3, 0.4) is 0 Å². The van der Waals surface area contributed by atoms with Crippen LogP contribution >= 0.6 is 7.37 Å². The van der Waals surface area contributed by atoms with Crippen molar-refractivity contribution < 1.29 is 17.5 Å². The quantitative estimate of drug-likeness (QED) is 0.727. The van der Waals surface area contributed by atoms with Gasteiger partial charge in [0.05, 0.1) is 12.4 Å². The standard InChI is InChI=1S/C16H19O4PS/c1-2-22(18,19)14-13-20-21(17,15-9-5-3-6-10-15)16-11-7-4-8-12-16/h3-12H,2,13-14H2,1H3. The average molecular weight is 338 g/mol. The van der Waals surface area contributed by atoms with Crippen LogP contribution in [-0.2, 0) is 18.9 Å². The number of benzene rings is 2. The van der Waals surface area contributed by atoms with Crippen LogP contribution in [0.5, 0.6) is 0 Å². The molecule has 0 unspecified atom stereocenters. The Balaban J connectivity index is 2.30. The summed E-state index contributed by atoms with van der Waals surface area (Å²) in [5.74, 6) is -0.0789. The molecule has 6 heteroatoms. The van der Waals surface area contributed by atoms with Gasteiger partial charge in [0.1, 0.15) is 0 Å². The van der Waals surface area contributed by atoms with E-state index >= 15 is 0 Å². The fraction of sp³-hybridized carbons (Fsp3) is 0.250. The molecular formula is C16H19O4PS. The van der Waals surface area contributed by atoms with E-state index in [2.05, 4.69) is 0 Å². The molecular weight excluding hydrogens is 319 g/mol. The maximum atomic E-state index is 13.4. The van der Waals surface area contributed by atoms with E-state index < -0.39 is 17.2 Å². The van der Waals surface area contributed by atoms with Crippen LogP contribution in [0.25, 0.3) is 0 Å². The number of sulfone groups is 1. The van der Waals surface area contributed by atoms with E-state index in [-0.39, 0.29) is 18.1 Å². The summed E-state index contributed by atoms with van der Waals surface area (Å²) in [5, 5.41) is 1.13. The molecule has 0 aliphatic carbocycles. The largest absolute Gasteiger partial charge is 0.321 e. The highest BCUT2D eigenvalue weighted by molar-refractivity contribution is 7.91. The van der Waals surface area contributed by atoms with Crippen molar-refractivity contribution in [2.24, 2.45) is 0 Å². The number of rotatable bonds is 7. The molecule has 2 rings (SSSR count). The summed E-state index contributed by atoms with van der Waals surface area (Å²) in [5.41, 5.74) is 0. The minimum atomic E-state index is -3.29. The van der Waals surface area contributed by atoms with Gasteiger partial charge in [-0.3, -0.25) is 4.57 Å². The highest BCUT2D eigenvalue weighted by atomic mass is 32.2. The summed E-state index contributed by atoms with van der Waals surface area (Å²) in [4.78, 5) is 0. The summed E-state index contributed by atoms with van der Waals surface area (Å²) in [7, 11) is -6.44. The molecule has 0 fully saturated rings. The van der Waals surface area contributed by atoms with Gasteiger partial charge in [0.25, 0.3) is 7.37 Å². The Hall–Kier alpha value is -1.42. The van der Waals surface area contributed by atoms with Gasteiger partial charge in [0.15, 0.2) is 9.84 Å². The van der Waals surface area contributed by atoms with Crippen LogP contribution < -0.4 is 10.6 Å². The fourth-order valence-electron chi connectivity index (χ4n) is 1.98. The van der Waals surface area contributed by atoms with Gasteiger partial charge in [-0.05, 0) is 24.3 Å². The van der Waals surface area contributed by atoms with Crippen LogP contribution in [0.15, 0.2) is 60.7 Å². The van der Waals surface area contributed by atoms with Gasteiger partial charge >= 0.3 is 0 Å². The van der Waals surface area contributed by atoms with Crippen LogP contribution in [0.4, 0.5) is 0 Å². The Morgan fingerprint density at radius 2 is 1.36 bits per heavy atom. The summed E-state index contributed by atoms with van der Waals surface area (Å²) in [6.45, 7) is 1.50. The van der Waals surface area contributed by atoms with Crippen LogP contribution in [0.1, 0.15) is 6.92 Å². The third-order valence-electron chi connectivity index (χ3n) is 3.30. The molecule has 0 aliphatic heterocycles. The molecule has 0 atom stereocenters. The second-order valence-electron chi connectivity index (χ2n) is 4.79. The van der Waals surface area contributed by atoms with E-state index in [1.54, 1.807) is 55.5 Å². The van der Waals surface area contributed by atoms with Crippen molar-refractivity contribution >= 4 is 27.8 Å². The van der Waals surface area contributed by atoms with Crippen LogP contribution in [0.2, 0.25) is 0 Å². The zero-order valence-electron chi connectivity index (χ0n) is 12.4. The molecule has 0 spiro atoms. The first kappa shape index (κ1) is 16.9. The molecule has 0 N–H and O–H groups in total. The normalized spacial score (nSPS) is 12.2. The molecule has 0 aromatic heterocycles. The second kappa shape index (κ2) is 7.23. The molecule has 0 bridgehead atoms. The lowest BCUT2D eigenvalue weighted by molar-refractivity contribution is 0.348. The van der Waals surface area contributed by atoms with Crippen molar-refractivity contribution in [3.63, 3.8) is 0 Å². The van der Waals surface area contributed by atoms with Crippen LogP contribution in [-0.4, -0.2) is 26.5 Å². The van der Waals surface area contributed by atoms with Gasteiger partial charge in [0, 0.05) is 16.4 Å². The van der Waals surface area contributed by atoms with Gasteiger partial charge in [0.2, 0.25) is 0 Å². The molecule has 0 saturated carbocycles. The monoisotopic (exact) mass is 338 g/mol. The lowest BCUT2D eigenvalue weighted by atomic mass is 10.4. The highest BCUT2D eigenvalue weighted by Gasteiger charge is 2.28. The molecule has 2 aromatic rings. The summed E-state index contributed by atoms with van der Waals surface area (Å²) in [6, 6.07) is 17.8. The van der Waals surface area contributed by atoms with E-state index in [9.17, 15) is 13.0 Å². The predicted octanol–water partition coefficient (Wildman–Crippen LogP) is 2.37. The summed E-state index contributed by atoms with van der Waals surface area (Å²) in [6.07, 6.45) is 0. The minimum Gasteiger partial charge on any atom is -0.321 e. The Morgan fingerprint density at radius 3 is 1.77 bits per heavy atom. The van der Waals surface area contributed by atoms with Gasteiger partial charge in [-0.25, -0.2) is 8.42 Å². The molecule has 2 aromatic carbocycles. The molecule has 0 radical (unpaired) electrons.